The highest BCUT2D eigenvalue weighted by atomic mass is 16.3. The molecule has 1 heterocycles. The maximum atomic E-state index is 11.1. The molecule has 1 saturated carbocycles. The Hall–Kier alpha value is -0.610. The van der Waals surface area contributed by atoms with E-state index in [1.54, 1.807) is 0 Å². The molecule has 98 valence electrons. The van der Waals surface area contributed by atoms with E-state index in [-0.39, 0.29) is 24.1 Å². The Balaban J connectivity index is 1.84. The molecule has 0 bridgehead atoms. The summed E-state index contributed by atoms with van der Waals surface area (Å²) in [6.07, 6.45) is 6.12. The fraction of sp³-hybridized carbons (Fsp3) is 0.923. The fourth-order valence-corrected chi connectivity index (χ4v) is 3.19. The molecule has 17 heavy (non-hydrogen) atoms. The number of aliphatic hydroxyl groups excluding tert-OH is 1. The highest BCUT2D eigenvalue weighted by Gasteiger charge is 2.35. The van der Waals surface area contributed by atoms with Gasteiger partial charge in [0, 0.05) is 24.5 Å². The van der Waals surface area contributed by atoms with Crippen LogP contribution in [0.25, 0.3) is 0 Å². The third kappa shape index (κ3) is 3.19. The predicted octanol–water partition coefficient (Wildman–Crippen LogP) is 0.796. The molecule has 4 heteroatoms. The molecule has 1 aliphatic heterocycles. The summed E-state index contributed by atoms with van der Waals surface area (Å²) in [5, 5.41) is 16.1. The second-order valence-corrected chi connectivity index (χ2v) is 5.82. The van der Waals surface area contributed by atoms with Crippen LogP contribution in [0.1, 0.15) is 45.4 Å². The second-order valence-electron chi connectivity index (χ2n) is 5.82. The molecule has 0 radical (unpaired) electrons. The summed E-state index contributed by atoms with van der Waals surface area (Å²) in [5.74, 6) is 0.841. The van der Waals surface area contributed by atoms with Crippen molar-refractivity contribution >= 4 is 5.91 Å². The van der Waals surface area contributed by atoms with Gasteiger partial charge in [-0.3, -0.25) is 4.79 Å². The third-order valence-electron chi connectivity index (χ3n) is 4.20. The van der Waals surface area contributed by atoms with Crippen LogP contribution in [0.3, 0.4) is 0 Å². The van der Waals surface area contributed by atoms with Gasteiger partial charge in [-0.1, -0.05) is 19.8 Å². The van der Waals surface area contributed by atoms with Gasteiger partial charge in [-0.2, -0.15) is 0 Å². The van der Waals surface area contributed by atoms with Crippen LogP contribution < -0.4 is 10.6 Å². The second kappa shape index (κ2) is 5.36. The van der Waals surface area contributed by atoms with E-state index in [9.17, 15) is 9.90 Å². The molecule has 3 unspecified atom stereocenters. The predicted molar refractivity (Wildman–Crippen MR) is 66.6 cm³/mol. The van der Waals surface area contributed by atoms with Crippen molar-refractivity contribution in [3.05, 3.63) is 0 Å². The maximum Gasteiger partial charge on any atom is 0.220 e. The summed E-state index contributed by atoms with van der Waals surface area (Å²) in [7, 11) is 0. The minimum Gasteiger partial charge on any atom is -0.394 e. The lowest BCUT2D eigenvalue weighted by molar-refractivity contribution is -0.119. The Labute approximate surface area is 103 Å². The number of carbonyl (C=O) groups is 1. The Bertz CT molecular complexity index is 283. The number of rotatable bonds is 4. The summed E-state index contributed by atoms with van der Waals surface area (Å²) < 4.78 is 0. The highest BCUT2D eigenvalue weighted by Crippen LogP contribution is 2.32. The number of hydrogen-bond donors (Lipinski definition) is 3. The molecular formula is C13H24N2O2. The Morgan fingerprint density at radius 1 is 1.53 bits per heavy atom. The molecule has 3 atom stereocenters. The van der Waals surface area contributed by atoms with E-state index in [1.807, 2.05) is 0 Å². The molecule has 0 aromatic heterocycles. The average Bonchev–Trinajstić information content (AvgIpc) is 2.73. The van der Waals surface area contributed by atoms with Crippen molar-refractivity contribution in [2.24, 2.45) is 5.92 Å². The Morgan fingerprint density at radius 2 is 2.35 bits per heavy atom. The van der Waals surface area contributed by atoms with Crippen LogP contribution in [0.15, 0.2) is 0 Å². The first-order valence-electron chi connectivity index (χ1n) is 6.79. The van der Waals surface area contributed by atoms with Crippen LogP contribution in [0.4, 0.5) is 0 Å². The van der Waals surface area contributed by atoms with Crippen LogP contribution in [-0.2, 0) is 4.79 Å². The molecule has 4 nitrogen and oxygen atoms in total. The van der Waals surface area contributed by atoms with Crippen LogP contribution >= 0.6 is 0 Å². The molecular weight excluding hydrogens is 216 g/mol. The molecule has 0 spiro atoms. The average molecular weight is 240 g/mol. The van der Waals surface area contributed by atoms with Gasteiger partial charge in [-0.05, 0) is 25.2 Å². The largest absolute Gasteiger partial charge is 0.394 e. The highest BCUT2D eigenvalue weighted by molar-refractivity contribution is 5.78. The zero-order valence-corrected chi connectivity index (χ0v) is 10.7. The molecule has 2 fully saturated rings. The monoisotopic (exact) mass is 240 g/mol. The van der Waals surface area contributed by atoms with Crippen molar-refractivity contribution in [1.29, 1.82) is 0 Å². The molecule has 1 saturated heterocycles. The Morgan fingerprint density at radius 3 is 2.94 bits per heavy atom. The van der Waals surface area contributed by atoms with E-state index in [1.165, 1.54) is 12.8 Å². The molecule has 0 aromatic rings. The summed E-state index contributed by atoms with van der Waals surface area (Å²) in [5.41, 5.74) is -0.106. The van der Waals surface area contributed by atoms with Gasteiger partial charge in [0.25, 0.3) is 0 Å². The van der Waals surface area contributed by atoms with Gasteiger partial charge in [0.05, 0.1) is 6.61 Å². The topological polar surface area (TPSA) is 61.4 Å². The van der Waals surface area contributed by atoms with Crippen LogP contribution in [0, 0.1) is 5.92 Å². The van der Waals surface area contributed by atoms with Gasteiger partial charge in [0.15, 0.2) is 0 Å². The first kappa shape index (κ1) is 12.8. The van der Waals surface area contributed by atoms with Gasteiger partial charge in [0.2, 0.25) is 5.91 Å². The first-order valence-corrected chi connectivity index (χ1v) is 6.79. The zero-order chi connectivity index (χ0) is 12.3. The molecule has 2 aliphatic rings. The van der Waals surface area contributed by atoms with Crippen molar-refractivity contribution in [2.75, 3.05) is 13.2 Å². The summed E-state index contributed by atoms with van der Waals surface area (Å²) in [4.78, 5) is 11.1. The van der Waals surface area contributed by atoms with Crippen molar-refractivity contribution in [1.82, 2.24) is 10.6 Å². The SMILES string of the molecule is CC1CCCC(CO)(NCC2CCC(=O)N2)C1. The fourth-order valence-electron chi connectivity index (χ4n) is 3.19. The lowest BCUT2D eigenvalue weighted by Gasteiger charge is -2.40. The van der Waals surface area contributed by atoms with Gasteiger partial charge < -0.3 is 15.7 Å². The number of aliphatic hydroxyl groups is 1. The lowest BCUT2D eigenvalue weighted by atomic mass is 9.76. The van der Waals surface area contributed by atoms with E-state index in [4.69, 9.17) is 0 Å². The van der Waals surface area contributed by atoms with E-state index < -0.39 is 0 Å². The normalized spacial score (nSPS) is 38.1. The Kier molecular flexibility index (Phi) is 4.05. The summed E-state index contributed by atoms with van der Waals surface area (Å²) in [6.45, 7) is 3.25. The standard InChI is InChI=1S/C13H24N2O2/c1-10-3-2-6-13(7-10,9-16)14-8-11-4-5-12(17)15-11/h10-11,14,16H,2-9H2,1H3,(H,15,17). The van der Waals surface area contributed by atoms with Crippen molar-refractivity contribution < 1.29 is 9.90 Å². The van der Waals surface area contributed by atoms with Crippen molar-refractivity contribution in [3.8, 4) is 0 Å². The zero-order valence-electron chi connectivity index (χ0n) is 10.7. The summed E-state index contributed by atoms with van der Waals surface area (Å²) >= 11 is 0. The van der Waals surface area contributed by atoms with Crippen LogP contribution in [0.2, 0.25) is 0 Å². The smallest absolute Gasteiger partial charge is 0.220 e. The molecule has 2 rings (SSSR count). The first-order chi connectivity index (χ1) is 8.13. The minimum absolute atomic E-state index is 0.106. The van der Waals surface area contributed by atoms with Crippen molar-refractivity contribution in [2.45, 2.75) is 57.0 Å². The van der Waals surface area contributed by atoms with Gasteiger partial charge in [-0.25, -0.2) is 0 Å². The summed E-state index contributed by atoms with van der Waals surface area (Å²) in [6, 6.07) is 0.253. The van der Waals surface area contributed by atoms with Crippen LogP contribution in [-0.4, -0.2) is 35.7 Å². The quantitative estimate of drug-likeness (QED) is 0.681. The van der Waals surface area contributed by atoms with E-state index in [0.717, 1.165) is 25.8 Å². The number of amides is 1. The molecule has 3 N–H and O–H groups in total. The minimum atomic E-state index is -0.106. The van der Waals surface area contributed by atoms with Gasteiger partial charge in [0.1, 0.15) is 0 Å². The number of carbonyl (C=O) groups excluding carboxylic acids is 1. The third-order valence-corrected chi connectivity index (χ3v) is 4.20. The van der Waals surface area contributed by atoms with E-state index >= 15 is 0 Å². The van der Waals surface area contributed by atoms with E-state index in [0.29, 0.717) is 12.3 Å². The molecule has 1 aliphatic carbocycles. The van der Waals surface area contributed by atoms with Crippen molar-refractivity contribution in [3.63, 3.8) is 0 Å². The van der Waals surface area contributed by atoms with Gasteiger partial charge >= 0.3 is 0 Å². The molecule has 1 amide bonds. The molecule has 0 aromatic carbocycles. The lowest BCUT2D eigenvalue weighted by Crippen LogP contribution is -2.54. The number of nitrogens with one attached hydrogen (secondary N) is 2. The number of hydrogen-bond acceptors (Lipinski definition) is 3. The van der Waals surface area contributed by atoms with Gasteiger partial charge in [-0.15, -0.1) is 0 Å². The van der Waals surface area contributed by atoms with E-state index in [2.05, 4.69) is 17.6 Å². The maximum absolute atomic E-state index is 11.1. The van der Waals surface area contributed by atoms with Crippen LogP contribution in [0.5, 0.6) is 0 Å².